The maximum absolute atomic E-state index is 12.9. The number of aryl methyl sites for hydroxylation is 2. The molecule has 156 valence electrons. The van der Waals surface area contributed by atoms with Gasteiger partial charge >= 0.3 is 0 Å². The summed E-state index contributed by atoms with van der Waals surface area (Å²) >= 11 is 0. The van der Waals surface area contributed by atoms with E-state index in [0.29, 0.717) is 31.0 Å². The van der Waals surface area contributed by atoms with Crippen LogP contribution in [-0.2, 0) is 4.74 Å². The number of amides is 1. The van der Waals surface area contributed by atoms with Gasteiger partial charge in [-0.05, 0) is 38.1 Å². The summed E-state index contributed by atoms with van der Waals surface area (Å²) in [5.74, 6) is 1.61. The van der Waals surface area contributed by atoms with Crippen molar-refractivity contribution in [1.82, 2.24) is 15.2 Å². The molecule has 1 unspecified atom stereocenters. The minimum Gasteiger partial charge on any atom is -0.465 e. The van der Waals surface area contributed by atoms with Gasteiger partial charge in [-0.2, -0.15) is 0 Å². The van der Waals surface area contributed by atoms with E-state index in [-0.39, 0.29) is 11.9 Å². The van der Waals surface area contributed by atoms with Crippen molar-refractivity contribution >= 4 is 5.91 Å². The lowest BCUT2D eigenvalue weighted by molar-refractivity contribution is 0.0117. The van der Waals surface area contributed by atoms with Crippen molar-refractivity contribution in [2.24, 2.45) is 0 Å². The minimum atomic E-state index is -0.124. The molecule has 1 fully saturated rings. The van der Waals surface area contributed by atoms with Crippen molar-refractivity contribution in [3.8, 4) is 11.3 Å². The number of ether oxygens (including phenoxy) is 1. The van der Waals surface area contributed by atoms with E-state index in [1.165, 1.54) is 0 Å². The summed E-state index contributed by atoms with van der Waals surface area (Å²) in [6.07, 6.45) is 0. The predicted octanol–water partition coefficient (Wildman–Crippen LogP) is 3.76. The number of pyridine rings is 1. The van der Waals surface area contributed by atoms with Gasteiger partial charge in [-0.3, -0.25) is 14.7 Å². The molecule has 1 N–H and O–H groups in total. The summed E-state index contributed by atoms with van der Waals surface area (Å²) in [6.45, 7) is 7.27. The molecule has 1 amide bonds. The SMILES string of the molecule is Cc1ccc(C(CNC(=O)c2ccc(-c3ccccc3)nc2C)N2CCOCC2)o1. The van der Waals surface area contributed by atoms with Crippen LogP contribution in [0.2, 0.25) is 0 Å². The molecule has 0 radical (unpaired) electrons. The number of aromatic nitrogens is 1. The van der Waals surface area contributed by atoms with Gasteiger partial charge in [0, 0.05) is 25.2 Å². The van der Waals surface area contributed by atoms with E-state index in [9.17, 15) is 4.79 Å². The van der Waals surface area contributed by atoms with Gasteiger partial charge in [0.05, 0.1) is 36.2 Å². The van der Waals surface area contributed by atoms with Crippen LogP contribution in [0.3, 0.4) is 0 Å². The van der Waals surface area contributed by atoms with Crippen molar-refractivity contribution in [2.75, 3.05) is 32.8 Å². The second kappa shape index (κ2) is 9.24. The molecule has 1 aliphatic rings. The summed E-state index contributed by atoms with van der Waals surface area (Å²) in [5.41, 5.74) is 3.20. The molecule has 1 saturated heterocycles. The molecule has 0 bridgehead atoms. The van der Waals surface area contributed by atoms with Crippen LogP contribution >= 0.6 is 0 Å². The number of rotatable bonds is 6. The Morgan fingerprint density at radius 3 is 2.50 bits per heavy atom. The van der Waals surface area contributed by atoms with Crippen LogP contribution in [0.5, 0.6) is 0 Å². The Bertz CT molecular complexity index is 994. The first-order chi connectivity index (χ1) is 14.6. The standard InChI is InChI=1S/C24H27N3O3/c1-17-8-11-23(30-17)22(27-12-14-29-15-13-27)16-25-24(28)20-9-10-21(26-18(20)2)19-6-4-3-5-7-19/h3-11,22H,12-16H2,1-2H3,(H,25,28). The van der Waals surface area contributed by atoms with Gasteiger partial charge in [0.1, 0.15) is 11.5 Å². The molecule has 1 aliphatic heterocycles. The third-order valence-electron chi connectivity index (χ3n) is 5.43. The monoisotopic (exact) mass is 405 g/mol. The van der Waals surface area contributed by atoms with Gasteiger partial charge < -0.3 is 14.5 Å². The third-order valence-corrected chi connectivity index (χ3v) is 5.43. The molecular formula is C24H27N3O3. The number of nitrogens with one attached hydrogen (secondary N) is 1. The maximum atomic E-state index is 12.9. The van der Waals surface area contributed by atoms with Gasteiger partial charge in [-0.15, -0.1) is 0 Å². The van der Waals surface area contributed by atoms with E-state index in [4.69, 9.17) is 9.15 Å². The number of hydrogen-bond acceptors (Lipinski definition) is 5. The summed E-state index contributed by atoms with van der Waals surface area (Å²) < 4.78 is 11.4. The molecule has 1 atom stereocenters. The molecule has 0 spiro atoms. The molecule has 0 aliphatic carbocycles. The normalized spacial score (nSPS) is 15.7. The fraction of sp³-hybridized carbons (Fsp3) is 0.333. The largest absolute Gasteiger partial charge is 0.465 e. The first kappa shape index (κ1) is 20.3. The third kappa shape index (κ3) is 4.61. The number of hydrogen-bond donors (Lipinski definition) is 1. The smallest absolute Gasteiger partial charge is 0.253 e. The van der Waals surface area contributed by atoms with Gasteiger partial charge in [0.2, 0.25) is 0 Å². The first-order valence-electron chi connectivity index (χ1n) is 10.3. The maximum Gasteiger partial charge on any atom is 0.253 e. The highest BCUT2D eigenvalue weighted by Gasteiger charge is 2.26. The van der Waals surface area contributed by atoms with Crippen molar-refractivity contribution in [3.05, 3.63) is 77.4 Å². The van der Waals surface area contributed by atoms with Crippen LogP contribution in [0.15, 0.2) is 59.0 Å². The molecule has 30 heavy (non-hydrogen) atoms. The van der Waals surface area contributed by atoms with Crippen LogP contribution in [0.1, 0.15) is 33.6 Å². The Morgan fingerprint density at radius 1 is 1.07 bits per heavy atom. The number of benzene rings is 1. The highest BCUT2D eigenvalue weighted by Crippen LogP contribution is 2.24. The molecule has 2 aromatic heterocycles. The number of nitrogens with zero attached hydrogens (tertiary/aromatic N) is 2. The van der Waals surface area contributed by atoms with Gasteiger partial charge in [-0.1, -0.05) is 30.3 Å². The van der Waals surface area contributed by atoms with Crippen molar-refractivity contribution in [3.63, 3.8) is 0 Å². The average molecular weight is 405 g/mol. The van der Waals surface area contributed by atoms with Crippen LogP contribution in [-0.4, -0.2) is 48.6 Å². The van der Waals surface area contributed by atoms with Crippen LogP contribution in [0.4, 0.5) is 0 Å². The van der Waals surface area contributed by atoms with Crippen molar-refractivity contribution in [2.45, 2.75) is 19.9 Å². The number of carbonyl (C=O) groups is 1. The van der Waals surface area contributed by atoms with Crippen molar-refractivity contribution < 1.29 is 13.9 Å². The molecule has 4 rings (SSSR count). The van der Waals surface area contributed by atoms with Gasteiger partial charge in [0.15, 0.2) is 0 Å². The number of furan rings is 1. The van der Waals surface area contributed by atoms with Gasteiger partial charge in [0.25, 0.3) is 5.91 Å². The zero-order chi connectivity index (χ0) is 20.9. The Morgan fingerprint density at radius 2 is 1.83 bits per heavy atom. The van der Waals surface area contributed by atoms with E-state index in [0.717, 1.165) is 35.9 Å². The number of morpholine rings is 1. The summed E-state index contributed by atoms with van der Waals surface area (Å²) in [5, 5.41) is 3.08. The van der Waals surface area contributed by atoms with Crippen LogP contribution < -0.4 is 5.32 Å². The highest BCUT2D eigenvalue weighted by atomic mass is 16.5. The molecular weight excluding hydrogens is 378 g/mol. The zero-order valence-corrected chi connectivity index (χ0v) is 17.4. The topological polar surface area (TPSA) is 67.6 Å². The number of carbonyl (C=O) groups excluding carboxylic acids is 1. The van der Waals surface area contributed by atoms with E-state index >= 15 is 0 Å². The fourth-order valence-corrected chi connectivity index (χ4v) is 3.79. The van der Waals surface area contributed by atoms with E-state index in [1.54, 1.807) is 0 Å². The molecule has 6 heteroatoms. The summed E-state index contributed by atoms with van der Waals surface area (Å²) in [4.78, 5) is 19.8. The lowest BCUT2D eigenvalue weighted by Gasteiger charge is -2.33. The lowest BCUT2D eigenvalue weighted by Crippen LogP contribution is -2.43. The Balaban J connectivity index is 1.48. The van der Waals surface area contributed by atoms with Crippen LogP contribution in [0, 0.1) is 13.8 Å². The quantitative estimate of drug-likeness (QED) is 0.676. The first-order valence-corrected chi connectivity index (χ1v) is 10.3. The predicted molar refractivity (Wildman–Crippen MR) is 115 cm³/mol. The van der Waals surface area contributed by atoms with E-state index in [1.807, 2.05) is 68.4 Å². The molecule has 3 heterocycles. The molecule has 1 aromatic carbocycles. The fourth-order valence-electron chi connectivity index (χ4n) is 3.79. The van der Waals surface area contributed by atoms with Gasteiger partial charge in [-0.25, -0.2) is 0 Å². The second-order valence-corrected chi connectivity index (χ2v) is 7.52. The van der Waals surface area contributed by atoms with Crippen LogP contribution in [0.25, 0.3) is 11.3 Å². The Hall–Kier alpha value is -2.96. The van der Waals surface area contributed by atoms with E-state index in [2.05, 4.69) is 15.2 Å². The summed E-state index contributed by atoms with van der Waals surface area (Å²) in [6, 6.07) is 17.6. The minimum absolute atomic E-state index is 0.0246. The Kier molecular flexibility index (Phi) is 6.26. The molecule has 0 saturated carbocycles. The summed E-state index contributed by atoms with van der Waals surface area (Å²) in [7, 11) is 0. The Labute approximate surface area is 176 Å². The second-order valence-electron chi connectivity index (χ2n) is 7.52. The lowest BCUT2D eigenvalue weighted by atomic mass is 10.1. The highest BCUT2D eigenvalue weighted by molar-refractivity contribution is 5.95. The molecule has 6 nitrogen and oxygen atoms in total. The average Bonchev–Trinajstić information content (AvgIpc) is 3.21. The van der Waals surface area contributed by atoms with E-state index < -0.39 is 0 Å². The van der Waals surface area contributed by atoms with Crippen molar-refractivity contribution in [1.29, 1.82) is 0 Å². The molecule has 3 aromatic rings. The zero-order valence-electron chi connectivity index (χ0n) is 17.4.